The molecule has 0 heterocycles. The second-order valence-electron chi connectivity index (χ2n) is 4.73. The van der Waals surface area contributed by atoms with Crippen molar-refractivity contribution in [3.8, 4) is 5.75 Å². The van der Waals surface area contributed by atoms with E-state index in [-0.39, 0.29) is 0 Å². The molecule has 0 bridgehead atoms. The first-order chi connectivity index (χ1) is 8.31. The van der Waals surface area contributed by atoms with E-state index in [2.05, 4.69) is 52.3 Å². The molecule has 0 spiro atoms. The SMILES string of the molecule is Brc1ccc2cc(OCCC3CC3)ccc2c1. The van der Waals surface area contributed by atoms with Gasteiger partial charge in [0.05, 0.1) is 6.61 Å². The Bertz CT molecular complexity index is 531. The topological polar surface area (TPSA) is 9.23 Å². The van der Waals surface area contributed by atoms with Crippen LogP contribution in [0.4, 0.5) is 0 Å². The Balaban J connectivity index is 1.73. The molecular weight excluding hydrogens is 276 g/mol. The van der Waals surface area contributed by atoms with Crippen LogP contribution in [0.25, 0.3) is 10.8 Å². The first kappa shape index (κ1) is 11.1. The second kappa shape index (κ2) is 4.69. The third kappa shape index (κ3) is 2.81. The average Bonchev–Trinajstić information content (AvgIpc) is 3.13. The van der Waals surface area contributed by atoms with Gasteiger partial charge >= 0.3 is 0 Å². The van der Waals surface area contributed by atoms with Crippen molar-refractivity contribution in [3.05, 3.63) is 40.9 Å². The van der Waals surface area contributed by atoms with Crippen molar-refractivity contribution >= 4 is 26.7 Å². The summed E-state index contributed by atoms with van der Waals surface area (Å²) in [5.74, 6) is 1.92. The highest BCUT2D eigenvalue weighted by Gasteiger charge is 2.20. The predicted octanol–water partition coefficient (Wildman–Crippen LogP) is 4.78. The fraction of sp³-hybridized carbons (Fsp3) is 0.333. The van der Waals surface area contributed by atoms with E-state index in [1.165, 1.54) is 30.0 Å². The smallest absolute Gasteiger partial charge is 0.119 e. The van der Waals surface area contributed by atoms with Crippen LogP contribution in [0.5, 0.6) is 5.75 Å². The van der Waals surface area contributed by atoms with E-state index in [0.717, 1.165) is 22.7 Å². The molecule has 1 fully saturated rings. The van der Waals surface area contributed by atoms with Gasteiger partial charge in [-0.1, -0.05) is 40.9 Å². The predicted molar refractivity (Wildman–Crippen MR) is 74.5 cm³/mol. The third-order valence-electron chi connectivity index (χ3n) is 3.27. The van der Waals surface area contributed by atoms with Crippen molar-refractivity contribution in [2.24, 2.45) is 5.92 Å². The summed E-state index contributed by atoms with van der Waals surface area (Å²) in [6, 6.07) is 12.6. The zero-order valence-corrected chi connectivity index (χ0v) is 11.2. The van der Waals surface area contributed by atoms with E-state index in [9.17, 15) is 0 Å². The van der Waals surface area contributed by atoms with Crippen LogP contribution in [-0.4, -0.2) is 6.61 Å². The standard InChI is InChI=1S/C15H15BrO/c16-14-5-3-13-10-15(6-4-12(13)9-14)17-8-7-11-1-2-11/h3-6,9-11H,1-2,7-8H2. The molecule has 0 saturated heterocycles. The summed E-state index contributed by atoms with van der Waals surface area (Å²) in [4.78, 5) is 0. The van der Waals surface area contributed by atoms with Crippen molar-refractivity contribution in [1.82, 2.24) is 0 Å². The van der Waals surface area contributed by atoms with Crippen molar-refractivity contribution in [2.75, 3.05) is 6.61 Å². The molecule has 0 atom stereocenters. The van der Waals surface area contributed by atoms with Gasteiger partial charge in [-0.2, -0.15) is 0 Å². The largest absolute Gasteiger partial charge is 0.494 e. The number of fused-ring (bicyclic) bond motifs is 1. The second-order valence-corrected chi connectivity index (χ2v) is 5.65. The fourth-order valence-electron chi connectivity index (χ4n) is 2.03. The Morgan fingerprint density at radius 3 is 2.65 bits per heavy atom. The van der Waals surface area contributed by atoms with Crippen LogP contribution >= 0.6 is 15.9 Å². The lowest BCUT2D eigenvalue weighted by Gasteiger charge is -2.07. The maximum Gasteiger partial charge on any atom is 0.119 e. The molecular formula is C15H15BrO. The van der Waals surface area contributed by atoms with Gasteiger partial charge < -0.3 is 4.74 Å². The molecule has 0 N–H and O–H groups in total. The van der Waals surface area contributed by atoms with E-state index in [1.807, 2.05) is 0 Å². The van der Waals surface area contributed by atoms with Crippen LogP contribution in [0.2, 0.25) is 0 Å². The van der Waals surface area contributed by atoms with Crippen LogP contribution in [0.1, 0.15) is 19.3 Å². The van der Waals surface area contributed by atoms with Gasteiger partial charge in [0.2, 0.25) is 0 Å². The fourth-order valence-corrected chi connectivity index (χ4v) is 2.41. The highest BCUT2D eigenvalue weighted by molar-refractivity contribution is 9.10. The van der Waals surface area contributed by atoms with Gasteiger partial charge in [0, 0.05) is 4.47 Å². The molecule has 0 amide bonds. The Hall–Kier alpha value is -1.02. The Morgan fingerprint density at radius 2 is 1.82 bits per heavy atom. The third-order valence-corrected chi connectivity index (χ3v) is 3.76. The van der Waals surface area contributed by atoms with Gasteiger partial charge in [0.25, 0.3) is 0 Å². The number of hydrogen-bond acceptors (Lipinski definition) is 1. The minimum atomic E-state index is 0.854. The number of ether oxygens (including phenoxy) is 1. The molecule has 1 nitrogen and oxygen atoms in total. The molecule has 17 heavy (non-hydrogen) atoms. The Morgan fingerprint density at radius 1 is 1.06 bits per heavy atom. The van der Waals surface area contributed by atoms with Crippen LogP contribution in [-0.2, 0) is 0 Å². The zero-order chi connectivity index (χ0) is 11.7. The van der Waals surface area contributed by atoms with E-state index >= 15 is 0 Å². The summed E-state index contributed by atoms with van der Waals surface area (Å²) in [7, 11) is 0. The highest BCUT2D eigenvalue weighted by Crippen LogP contribution is 2.32. The molecule has 2 aromatic rings. The maximum absolute atomic E-state index is 5.78. The summed E-state index contributed by atoms with van der Waals surface area (Å²) in [6.45, 7) is 0.854. The van der Waals surface area contributed by atoms with Gasteiger partial charge in [0.15, 0.2) is 0 Å². The molecule has 3 rings (SSSR count). The van der Waals surface area contributed by atoms with Crippen LogP contribution in [0.3, 0.4) is 0 Å². The summed E-state index contributed by atoms with van der Waals surface area (Å²) in [6.07, 6.45) is 4.00. The van der Waals surface area contributed by atoms with Gasteiger partial charge in [-0.15, -0.1) is 0 Å². The van der Waals surface area contributed by atoms with Crippen LogP contribution < -0.4 is 4.74 Å². The molecule has 2 heteroatoms. The zero-order valence-electron chi connectivity index (χ0n) is 9.66. The quantitative estimate of drug-likeness (QED) is 0.787. The number of rotatable bonds is 4. The lowest BCUT2D eigenvalue weighted by atomic mass is 10.1. The molecule has 0 radical (unpaired) electrons. The first-order valence-electron chi connectivity index (χ1n) is 6.13. The van der Waals surface area contributed by atoms with E-state index in [0.29, 0.717) is 0 Å². The lowest BCUT2D eigenvalue weighted by Crippen LogP contribution is -1.97. The Labute approximate surface area is 110 Å². The lowest BCUT2D eigenvalue weighted by molar-refractivity contribution is 0.303. The first-order valence-corrected chi connectivity index (χ1v) is 6.93. The highest BCUT2D eigenvalue weighted by atomic mass is 79.9. The summed E-state index contributed by atoms with van der Waals surface area (Å²) in [5.41, 5.74) is 0. The monoisotopic (exact) mass is 290 g/mol. The summed E-state index contributed by atoms with van der Waals surface area (Å²) >= 11 is 3.48. The number of halogens is 1. The van der Waals surface area contributed by atoms with Gasteiger partial charge in [-0.05, 0) is 47.4 Å². The Kier molecular flexibility index (Phi) is 3.06. The van der Waals surface area contributed by atoms with Gasteiger partial charge in [-0.25, -0.2) is 0 Å². The molecule has 1 saturated carbocycles. The molecule has 1 aliphatic carbocycles. The average molecular weight is 291 g/mol. The maximum atomic E-state index is 5.78. The minimum absolute atomic E-state index is 0.854. The van der Waals surface area contributed by atoms with E-state index < -0.39 is 0 Å². The number of benzene rings is 2. The molecule has 2 aromatic carbocycles. The van der Waals surface area contributed by atoms with Crippen molar-refractivity contribution in [1.29, 1.82) is 0 Å². The molecule has 0 unspecified atom stereocenters. The summed E-state index contributed by atoms with van der Waals surface area (Å²) < 4.78 is 6.90. The van der Waals surface area contributed by atoms with E-state index in [4.69, 9.17) is 4.74 Å². The van der Waals surface area contributed by atoms with Crippen LogP contribution in [0.15, 0.2) is 40.9 Å². The van der Waals surface area contributed by atoms with Crippen molar-refractivity contribution in [3.63, 3.8) is 0 Å². The van der Waals surface area contributed by atoms with Crippen LogP contribution in [0, 0.1) is 5.92 Å². The normalized spacial score (nSPS) is 15.1. The van der Waals surface area contributed by atoms with Gasteiger partial charge in [0.1, 0.15) is 5.75 Å². The molecule has 1 aliphatic rings. The summed E-state index contributed by atoms with van der Waals surface area (Å²) in [5, 5.41) is 2.48. The molecule has 0 aromatic heterocycles. The minimum Gasteiger partial charge on any atom is -0.494 e. The molecule has 0 aliphatic heterocycles. The van der Waals surface area contributed by atoms with Gasteiger partial charge in [-0.3, -0.25) is 0 Å². The van der Waals surface area contributed by atoms with Crippen molar-refractivity contribution < 1.29 is 4.74 Å². The van der Waals surface area contributed by atoms with E-state index in [1.54, 1.807) is 0 Å². The molecule has 88 valence electrons. The van der Waals surface area contributed by atoms with Crippen molar-refractivity contribution in [2.45, 2.75) is 19.3 Å². The number of hydrogen-bond donors (Lipinski definition) is 0.